The number of benzene rings is 2. The van der Waals surface area contributed by atoms with Crippen LogP contribution in [0.15, 0.2) is 42.5 Å². The lowest BCUT2D eigenvalue weighted by molar-refractivity contribution is -0.0756. The fourth-order valence-electron chi connectivity index (χ4n) is 2.00. The van der Waals surface area contributed by atoms with Crippen molar-refractivity contribution < 1.29 is 9.63 Å². The van der Waals surface area contributed by atoms with Gasteiger partial charge in [-0.15, -0.1) is 0 Å². The molecule has 1 amide bonds. The Bertz CT molecular complexity index is 640. The molecule has 0 fully saturated rings. The lowest BCUT2D eigenvalue weighted by Crippen LogP contribution is -2.25. The second-order valence-electron chi connectivity index (χ2n) is 4.49. The van der Waals surface area contributed by atoms with Gasteiger partial charge in [0.15, 0.2) is 0 Å². The van der Waals surface area contributed by atoms with Crippen molar-refractivity contribution in [2.75, 3.05) is 14.2 Å². The fourth-order valence-corrected chi connectivity index (χ4v) is 2.22. The molecule has 0 radical (unpaired) electrons. The van der Waals surface area contributed by atoms with Crippen molar-refractivity contribution in [2.45, 2.75) is 6.92 Å². The summed E-state index contributed by atoms with van der Waals surface area (Å²) in [5.41, 5.74) is 3.52. The third-order valence-electron chi connectivity index (χ3n) is 3.21. The number of hydrogen-bond acceptors (Lipinski definition) is 2. The molecule has 0 unspecified atom stereocenters. The first kappa shape index (κ1) is 14.6. The molecule has 0 heterocycles. The van der Waals surface area contributed by atoms with Crippen LogP contribution in [0.25, 0.3) is 11.1 Å². The van der Waals surface area contributed by atoms with E-state index < -0.39 is 0 Å². The van der Waals surface area contributed by atoms with Crippen LogP contribution in [-0.2, 0) is 4.84 Å². The maximum absolute atomic E-state index is 12.1. The van der Waals surface area contributed by atoms with Crippen LogP contribution >= 0.6 is 11.6 Å². The first-order chi connectivity index (χ1) is 9.54. The number of hydroxylamine groups is 2. The summed E-state index contributed by atoms with van der Waals surface area (Å²) in [6.45, 7) is 2.02. The Morgan fingerprint density at radius 1 is 1.15 bits per heavy atom. The molecule has 20 heavy (non-hydrogen) atoms. The van der Waals surface area contributed by atoms with Gasteiger partial charge in [-0.3, -0.25) is 9.63 Å². The molecule has 0 aliphatic carbocycles. The Morgan fingerprint density at radius 3 is 2.50 bits per heavy atom. The molecule has 0 saturated heterocycles. The zero-order valence-electron chi connectivity index (χ0n) is 11.7. The molecule has 2 aromatic rings. The third-order valence-corrected chi connectivity index (χ3v) is 3.54. The molecule has 2 aromatic carbocycles. The maximum Gasteiger partial charge on any atom is 0.277 e. The lowest BCUT2D eigenvalue weighted by Gasteiger charge is -2.15. The average Bonchev–Trinajstić information content (AvgIpc) is 2.47. The molecule has 0 aliphatic heterocycles. The summed E-state index contributed by atoms with van der Waals surface area (Å²) in [4.78, 5) is 17.0. The van der Waals surface area contributed by atoms with Crippen molar-refractivity contribution in [3.05, 3.63) is 58.6 Å². The molecular formula is C16H16ClNO2. The topological polar surface area (TPSA) is 29.5 Å². The molecule has 2 rings (SSSR count). The Balaban J connectivity index is 2.50. The Kier molecular flexibility index (Phi) is 4.42. The van der Waals surface area contributed by atoms with Gasteiger partial charge in [0.25, 0.3) is 5.91 Å². The van der Waals surface area contributed by atoms with E-state index in [4.69, 9.17) is 16.4 Å². The highest BCUT2D eigenvalue weighted by atomic mass is 35.5. The second kappa shape index (κ2) is 6.07. The highest BCUT2D eigenvalue weighted by molar-refractivity contribution is 6.33. The van der Waals surface area contributed by atoms with Gasteiger partial charge in [-0.05, 0) is 36.2 Å². The number of carbonyl (C=O) groups is 1. The molecule has 3 nitrogen and oxygen atoms in total. The lowest BCUT2D eigenvalue weighted by atomic mass is 9.98. The number of carbonyl (C=O) groups excluding carboxylic acids is 1. The van der Waals surface area contributed by atoms with Gasteiger partial charge in [-0.2, -0.15) is 0 Å². The van der Waals surface area contributed by atoms with Gasteiger partial charge in [0.05, 0.1) is 7.11 Å². The molecule has 0 saturated carbocycles. The van der Waals surface area contributed by atoms with E-state index >= 15 is 0 Å². The van der Waals surface area contributed by atoms with E-state index in [0.29, 0.717) is 10.6 Å². The number of amides is 1. The molecule has 4 heteroatoms. The largest absolute Gasteiger partial charge is 0.277 e. The quantitative estimate of drug-likeness (QED) is 0.801. The van der Waals surface area contributed by atoms with Crippen molar-refractivity contribution in [3.8, 4) is 11.1 Å². The van der Waals surface area contributed by atoms with Crippen molar-refractivity contribution in [1.29, 1.82) is 0 Å². The van der Waals surface area contributed by atoms with Gasteiger partial charge < -0.3 is 0 Å². The van der Waals surface area contributed by atoms with Gasteiger partial charge in [0, 0.05) is 23.2 Å². The number of nitrogens with zero attached hydrogens (tertiary/aromatic N) is 1. The van der Waals surface area contributed by atoms with E-state index in [1.54, 1.807) is 25.2 Å². The number of hydrogen-bond donors (Lipinski definition) is 0. The van der Waals surface area contributed by atoms with E-state index in [-0.39, 0.29) is 5.91 Å². The minimum atomic E-state index is -0.209. The SMILES string of the molecule is CON(C)C(=O)c1ccc(Cl)c(-c2ccccc2C)c1. The minimum absolute atomic E-state index is 0.209. The summed E-state index contributed by atoms with van der Waals surface area (Å²) in [5.74, 6) is -0.209. The molecule has 0 aliphatic rings. The average molecular weight is 290 g/mol. The summed E-state index contributed by atoms with van der Waals surface area (Å²) in [5, 5.41) is 1.81. The molecular weight excluding hydrogens is 274 g/mol. The fraction of sp³-hybridized carbons (Fsp3) is 0.188. The predicted octanol–water partition coefficient (Wildman–Crippen LogP) is 3.95. The Hall–Kier alpha value is -1.84. The number of halogens is 1. The minimum Gasteiger partial charge on any atom is -0.274 e. The van der Waals surface area contributed by atoms with Gasteiger partial charge in [0.2, 0.25) is 0 Å². The molecule has 0 spiro atoms. The van der Waals surface area contributed by atoms with Gasteiger partial charge in [0.1, 0.15) is 0 Å². The summed E-state index contributed by atoms with van der Waals surface area (Å²) >= 11 is 6.26. The highest BCUT2D eigenvalue weighted by Crippen LogP contribution is 2.31. The zero-order chi connectivity index (χ0) is 14.7. The monoisotopic (exact) mass is 289 g/mol. The van der Waals surface area contributed by atoms with Crippen LogP contribution in [0, 0.1) is 6.92 Å². The highest BCUT2D eigenvalue weighted by Gasteiger charge is 2.14. The van der Waals surface area contributed by atoms with Crippen molar-refractivity contribution in [3.63, 3.8) is 0 Å². The summed E-state index contributed by atoms with van der Waals surface area (Å²) in [6.07, 6.45) is 0. The first-order valence-corrected chi connectivity index (χ1v) is 6.60. The van der Waals surface area contributed by atoms with Crippen LogP contribution in [0.5, 0.6) is 0 Å². The van der Waals surface area contributed by atoms with E-state index in [1.807, 2.05) is 31.2 Å². The molecule has 0 bridgehead atoms. The van der Waals surface area contributed by atoms with E-state index in [0.717, 1.165) is 16.7 Å². The van der Waals surface area contributed by atoms with Gasteiger partial charge in [-0.25, -0.2) is 5.06 Å². The summed E-state index contributed by atoms with van der Waals surface area (Å²) in [7, 11) is 3.03. The van der Waals surface area contributed by atoms with Crippen LogP contribution in [0.4, 0.5) is 0 Å². The summed E-state index contributed by atoms with van der Waals surface area (Å²) in [6, 6.07) is 13.2. The van der Waals surface area contributed by atoms with Crippen molar-refractivity contribution in [1.82, 2.24) is 5.06 Å². The normalized spacial score (nSPS) is 10.4. The number of aryl methyl sites for hydroxylation is 1. The van der Waals surface area contributed by atoms with E-state index in [9.17, 15) is 4.79 Å². The van der Waals surface area contributed by atoms with Crippen LogP contribution in [0.1, 0.15) is 15.9 Å². The van der Waals surface area contributed by atoms with Gasteiger partial charge >= 0.3 is 0 Å². The first-order valence-electron chi connectivity index (χ1n) is 6.22. The molecule has 0 atom stereocenters. The molecule has 104 valence electrons. The third kappa shape index (κ3) is 2.84. The molecule has 0 N–H and O–H groups in total. The smallest absolute Gasteiger partial charge is 0.274 e. The van der Waals surface area contributed by atoms with Gasteiger partial charge in [-0.1, -0.05) is 35.9 Å². The zero-order valence-corrected chi connectivity index (χ0v) is 12.4. The van der Waals surface area contributed by atoms with Crippen LogP contribution in [0.3, 0.4) is 0 Å². The Labute approximate surface area is 123 Å². The maximum atomic E-state index is 12.1. The predicted molar refractivity (Wildman–Crippen MR) is 80.7 cm³/mol. The number of rotatable bonds is 3. The van der Waals surface area contributed by atoms with Crippen LogP contribution in [0.2, 0.25) is 5.02 Å². The standard InChI is InChI=1S/C16H16ClNO2/c1-11-6-4-5-7-13(11)14-10-12(8-9-15(14)17)16(19)18(2)20-3/h4-10H,1-3H3. The van der Waals surface area contributed by atoms with E-state index in [2.05, 4.69) is 0 Å². The van der Waals surface area contributed by atoms with Crippen molar-refractivity contribution in [2.24, 2.45) is 0 Å². The van der Waals surface area contributed by atoms with Crippen molar-refractivity contribution >= 4 is 17.5 Å². The molecule has 0 aromatic heterocycles. The van der Waals surface area contributed by atoms with Crippen LogP contribution in [-0.4, -0.2) is 25.1 Å². The second-order valence-corrected chi connectivity index (χ2v) is 4.90. The summed E-state index contributed by atoms with van der Waals surface area (Å²) < 4.78 is 0. The van der Waals surface area contributed by atoms with E-state index in [1.165, 1.54) is 12.2 Å². The van der Waals surface area contributed by atoms with Crippen LogP contribution < -0.4 is 0 Å². The Morgan fingerprint density at radius 2 is 1.85 bits per heavy atom.